The van der Waals surface area contributed by atoms with Crippen molar-refractivity contribution >= 4 is 11.6 Å². The zero-order chi connectivity index (χ0) is 12.8. The van der Waals surface area contributed by atoms with Crippen molar-refractivity contribution in [1.29, 1.82) is 0 Å². The third-order valence-electron chi connectivity index (χ3n) is 3.12. The van der Waals surface area contributed by atoms with E-state index in [4.69, 9.17) is 11.6 Å². The van der Waals surface area contributed by atoms with Crippen LogP contribution in [0.1, 0.15) is 17.0 Å². The van der Waals surface area contributed by atoms with Crippen molar-refractivity contribution < 1.29 is 0 Å². The molecule has 0 radical (unpaired) electrons. The summed E-state index contributed by atoms with van der Waals surface area (Å²) in [4.78, 5) is 0. The van der Waals surface area contributed by atoms with Crippen LogP contribution in [0.4, 0.5) is 0 Å². The third kappa shape index (κ3) is 3.34. The minimum atomic E-state index is 0.408. The molecule has 1 atom stereocenters. The lowest BCUT2D eigenvalue weighted by atomic mass is 9.92. The van der Waals surface area contributed by atoms with Gasteiger partial charge in [-0.1, -0.05) is 60.1 Å². The van der Waals surface area contributed by atoms with E-state index in [-0.39, 0.29) is 0 Å². The van der Waals surface area contributed by atoms with Crippen molar-refractivity contribution in [3.63, 3.8) is 0 Å². The highest BCUT2D eigenvalue weighted by atomic mass is 35.5. The first-order valence-corrected chi connectivity index (χ1v) is 6.62. The van der Waals surface area contributed by atoms with E-state index in [0.29, 0.717) is 5.92 Å². The molecule has 0 aliphatic rings. The quantitative estimate of drug-likeness (QED) is 0.859. The predicted molar refractivity (Wildman–Crippen MR) is 78.3 cm³/mol. The van der Waals surface area contributed by atoms with Gasteiger partial charge in [-0.15, -0.1) is 0 Å². The van der Waals surface area contributed by atoms with Crippen molar-refractivity contribution in [2.75, 3.05) is 13.6 Å². The average Bonchev–Trinajstić information content (AvgIpc) is 2.40. The van der Waals surface area contributed by atoms with Crippen LogP contribution in [0.5, 0.6) is 0 Å². The highest BCUT2D eigenvalue weighted by molar-refractivity contribution is 6.31. The van der Waals surface area contributed by atoms with Crippen LogP contribution in [0.3, 0.4) is 0 Å². The Labute approximate surface area is 114 Å². The van der Waals surface area contributed by atoms with Gasteiger partial charge in [0.15, 0.2) is 0 Å². The zero-order valence-corrected chi connectivity index (χ0v) is 11.3. The van der Waals surface area contributed by atoms with Gasteiger partial charge in [-0.3, -0.25) is 0 Å². The summed E-state index contributed by atoms with van der Waals surface area (Å²) >= 11 is 6.29. The lowest BCUT2D eigenvalue weighted by Gasteiger charge is -2.18. The van der Waals surface area contributed by atoms with E-state index in [1.54, 1.807) is 0 Å². The van der Waals surface area contributed by atoms with Gasteiger partial charge in [0.1, 0.15) is 0 Å². The fourth-order valence-electron chi connectivity index (χ4n) is 2.24. The normalized spacial score (nSPS) is 12.3. The topological polar surface area (TPSA) is 12.0 Å². The molecule has 18 heavy (non-hydrogen) atoms. The van der Waals surface area contributed by atoms with Gasteiger partial charge in [-0.25, -0.2) is 0 Å². The van der Waals surface area contributed by atoms with Crippen LogP contribution in [0, 0.1) is 0 Å². The Bertz CT molecular complexity index is 481. The van der Waals surface area contributed by atoms with Gasteiger partial charge < -0.3 is 5.32 Å². The van der Waals surface area contributed by atoms with Crippen molar-refractivity contribution in [3.05, 3.63) is 70.7 Å². The zero-order valence-electron chi connectivity index (χ0n) is 10.6. The van der Waals surface area contributed by atoms with Gasteiger partial charge in [0, 0.05) is 17.5 Å². The molecule has 0 aromatic heterocycles. The second-order valence-electron chi connectivity index (χ2n) is 4.47. The Morgan fingerprint density at radius 3 is 2.33 bits per heavy atom. The molecule has 0 bridgehead atoms. The molecule has 0 aliphatic heterocycles. The lowest BCUT2D eigenvalue weighted by Crippen LogP contribution is -2.19. The summed E-state index contributed by atoms with van der Waals surface area (Å²) in [7, 11) is 1.98. The van der Waals surface area contributed by atoms with Crippen LogP contribution in [-0.4, -0.2) is 13.6 Å². The number of benzene rings is 2. The Hall–Kier alpha value is -1.31. The van der Waals surface area contributed by atoms with Crippen LogP contribution >= 0.6 is 11.6 Å². The molecule has 0 heterocycles. The summed E-state index contributed by atoms with van der Waals surface area (Å²) in [6.45, 7) is 0.929. The fraction of sp³-hybridized carbons (Fsp3) is 0.250. The van der Waals surface area contributed by atoms with E-state index in [1.165, 1.54) is 11.1 Å². The maximum Gasteiger partial charge on any atom is 0.0441 e. The number of nitrogens with one attached hydrogen (secondary N) is 1. The van der Waals surface area contributed by atoms with Crippen molar-refractivity contribution in [3.8, 4) is 0 Å². The van der Waals surface area contributed by atoms with Crippen LogP contribution in [0.15, 0.2) is 54.6 Å². The maximum atomic E-state index is 6.29. The molecule has 2 heteroatoms. The van der Waals surface area contributed by atoms with Gasteiger partial charge in [-0.05, 0) is 30.7 Å². The summed E-state index contributed by atoms with van der Waals surface area (Å²) in [5.74, 6) is 0.408. The Kier molecular flexibility index (Phi) is 4.80. The molecule has 0 fully saturated rings. The van der Waals surface area contributed by atoms with Gasteiger partial charge in [-0.2, -0.15) is 0 Å². The highest BCUT2D eigenvalue weighted by Crippen LogP contribution is 2.26. The molecule has 2 aromatic carbocycles. The summed E-state index contributed by atoms with van der Waals surface area (Å²) < 4.78 is 0. The van der Waals surface area contributed by atoms with Gasteiger partial charge in [0.05, 0.1) is 0 Å². The average molecular weight is 260 g/mol. The summed E-state index contributed by atoms with van der Waals surface area (Å²) in [6.07, 6.45) is 1.01. The van der Waals surface area contributed by atoms with E-state index in [0.717, 1.165) is 18.0 Å². The number of rotatable bonds is 5. The Morgan fingerprint density at radius 1 is 1.00 bits per heavy atom. The maximum absolute atomic E-state index is 6.29. The molecular formula is C16H18ClN. The summed E-state index contributed by atoms with van der Waals surface area (Å²) in [6, 6.07) is 18.7. The van der Waals surface area contributed by atoms with E-state index < -0.39 is 0 Å². The van der Waals surface area contributed by atoms with Crippen LogP contribution < -0.4 is 5.32 Å². The first kappa shape index (κ1) is 13.1. The number of likely N-dealkylation sites (N-methyl/N-ethyl adjacent to an activating group) is 1. The molecule has 94 valence electrons. The lowest BCUT2D eigenvalue weighted by molar-refractivity contribution is 0.626. The Morgan fingerprint density at radius 2 is 1.67 bits per heavy atom. The second kappa shape index (κ2) is 6.58. The molecule has 1 N–H and O–H groups in total. The van der Waals surface area contributed by atoms with Crippen LogP contribution in [0.2, 0.25) is 5.02 Å². The van der Waals surface area contributed by atoms with Crippen LogP contribution in [0.25, 0.3) is 0 Å². The number of hydrogen-bond acceptors (Lipinski definition) is 1. The monoisotopic (exact) mass is 259 g/mol. The molecular weight excluding hydrogens is 242 g/mol. The molecule has 1 unspecified atom stereocenters. The van der Waals surface area contributed by atoms with Crippen molar-refractivity contribution in [1.82, 2.24) is 5.32 Å². The minimum Gasteiger partial charge on any atom is -0.319 e. The van der Waals surface area contributed by atoms with Crippen LogP contribution in [-0.2, 0) is 6.42 Å². The minimum absolute atomic E-state index is 0.408. The fourth-order valence-corrected chi connectivity index (χ4v) is 2.53. The molecule has 2 rings (SSSR count). The first-order chi connectivity index (χ1) is 8.81. The van der Waals surface area contributed by atoms with E-state index in [9.17, 15) is 0 Å². The molecule has 1 nitrogen and oxygen atoms in total. The highest BCUT2D eigenvalue weighted by Gasteiger charge is 2.14. The van der Waals surface area contributed by atoms with E-state index >= 15 is 0 Å². The third-order valence-corrected chi connectivity index (χ3v) is 3.46. The predicted octanol–water partition coefficient (Wildman–Crippen LogP) is 3.89. The first-order valence-electron chi connectivity index (χ1n) is 6.24. The summed E-state index contributed by atoms with van der Waals surface area (Å²) in [5, 5.41) is 4.11. The Balaban J connectivity index is 2.21. The molecule has 0 aliphatic carbocycles. The molecule has 0 saturated heterocycles. The number of halogens is 1. The van der Waals surface area contributed by atoms with E-state index in [2.05, 4.69) is 41.7 Å². The molecule has 0 spiro atoms. The second-order valence-corrected chi connectivity index (χ2v) is 4.87. The van der Waals surface area contributed by atoms with Crippen molar-refractivity contribution in [2.45, 2.75) is 12.3 Å². The largest absolute Gasteiger partial charge is 0.319 e. The molecule has 0 amide bonds. The molecule has 2 aromatic rings. The summed E-state index contributed by atoms with van der Waals surface area (Å²) in [5.41, 5.74) is 2.56. The van der Waals surface area contributed by atoms with E-state index in [1.807, 2.05) is 25.2 Å². The van der Waals surface area contributed by atoms with Gasteiger partial charge >= 0.3 is 0 Å². The van der Waals surface area contributed by atoms with Gasteiger partial charge in [0.25, 0.3) is 0 Å². The van der Waals surface area contributed by atoms with Crippen molar-refractivity contribution in [2.24, 2.45) is 0 Å². The smallest absolute Gasteiger partial charge is 0.0441 e. The standard InChI is InChI=1S/C16H18ClN/c1-18-12-14(11-13-7-3-2-4-8-13)15-9-5-6-10-16(15)17/h2-10,14,18H,11-12H2,1H3. The SMILES string of the molecule is CNCC(Cc1ccccc1)c1ccccc1Cl. The van der Waals surface area contributed by atoms with Gasteiger partial charge in [0.2, 0.25) is 0 Å². The molecule has 0 saturated carbocycles. The number of hydrogen-bond donors (Lipinski definition) is 1.